The van der Waals surface area contributed by atoms with E-state index in [4.69, 9.17) is 5.84 Å². The lowest BCUT2D eigenvalue weighted by Gasteiger charge is -2.13. The second-order valence-electron chi connectivity index (χ2n) is 3.27. The van der Waals surface area contributed by atoms with Crippen LogP contribution in [0.3, 0.4) is 0 Å². The average Bonchev–Trinajstić information content (AvgIpc) is 2.18. The highest BCUT2D eigenvalue weighted by Gasteiger charge is 2.02. The van der Waals surface area contributed by atoms with Gasteiger partial charge in [-0.2, -0.15) is 0 Å². The van der Waals surface area contributed by atoms with Gasteiger partial charge >= 0.3 is 0 Å². The van der Waals surface area contributed by atoms with Gasteiger partial charge in [-0.3, -0.25) is 0 Å². The van der Waals surface area contributed by atoms with Crippen molar-refractivity contribution < 1.29 is 0 Å². The third kappa shape index (κ3) is 3.18. The van der Waals surface area contributed by atoms with Crippen LogP contribution in [0, 0.1) is 0 Å². The molecular formula is C9H17N5. The normalized spacial score (nSPS) is 12.2. The summed E-state index contributed by atoms with van der Waals surface area (Å²) in [5.74, 6) is 6.66. The first-order valence-corrected chi connectivity index (χ1v) is 4.81. The van der Waals surface area contributed by atoms with E-state index in [0.29, 0.717) is 11.9 Å². The smallest absolute Gasteiger partial charge is 0.145 e. The number of rotatable bonds is 5. The Hall–Kier alpha value is -1.36. The molecule has 1 rings (SSSR count). The number of anilines is 2. The molecule has 0 amide bonds. The number of nitrogens with two attached hydrogens (primary N) is 1. The minimum absolute atomic E-state index is 0.417. The quantitative estimate of drug-likeness (QED) is 0.488. The maximum Gasteiger partial charge on any atom is 0.145 e. The van der Waals surface area contributed by atoms with E-state index in [0.717, 1.165) is 18.7 Å². The van der Waals surface area contributed by atoms with Gasteiger partial charge in [-0.05, 0) is 13.3 Å². The molecule has 4 N–H and O–H groups in total. The molecule has 14 heavy (non-hydrogen) atoms. The third-order valence-corrected chi connectivity index (χ3v) is 1.93. The van der Waals surface area contributed by atoms with Crippen molar-refractivity contribution in [1.29, 1.82) is 0 Å². The molecule has 0 fully saturated rings. The largest absolute Gasteiger partial charge is 0.367 e. The fraction of sp³-hybridized carbons (Fsp3) is 0.556. The minimum atomic E-state index is 0.417. The molecule has 0 bridgehead atoms. The molecule has 0 aliphatic rings. The Morgan fingerprint density at radius 2 is 2.14 bits per heavy atom. The molecule has 1 aromatic rings. The lowest BCUT2D eigenvalue weighted by atomic mass is 10.2. The third-order valence-electron chi connectivity index (χ3n) is 1.93. The Bertz CT molecular complexity index is 276. The standard InChI is InChI=1S/C9H17N5/c1-3-4-7(2)13-8-5-9(14-10)12-6-11-8/h5-7H,3-4,10H2,1-2H3,(H2,11,12,13,14). The summed E-state index contributed by atoms with van der Waals surface area (Å²) < 4.78 is 0. The fourth-order valence-corrected chi connectivity index (χ4v) is 1.27. The molecular weight excluding hydrogens is 178 g/mol. The van der Waals surface area contributed by atoms with Gasteiger partial charge in [-0.25, -0.2) is 15.8 Å². The van der Waals surface area contributed by atoms with Crippen molar-refractivity contribution in [2.24, 2.45) is 5.84 Å². The summed E-state index contributed by atoms with van der Waals surface area (Å²) in [5, 5.41) is 3.27. The summed E-state index contributed by atoms with van der Waals surface area (Å²) in [5.41, 5.74) is 2.48. The van der Waals surface area contributed by atoms with Gasteiger partial charge in [0.25, 0.3) is 0 Å². The number of nitrogens with one attached hydrogen (secondary N) is 2. The van der Waals surface area contributed by atoms with Crippen molar-refractivity contribution in [3.05, 3.63) is 12.4 Å². The molecule has 78 valence electrons. The van der Waals surface area contributed by atoms with E-state index in [1.54, 1.807) is 6.07 Å². The average molecular weight is 195 g/mol. The van der Waals surface area contributed by atoms with Crippen LogP contribution in [-0.2, 0) is 0 Å². The van der Waals surface area contributed by atoms with E-state index in [-0.39, 0.29) is 0 Å². The van der Waals surface area contributed by atoms with Crippen LogP contribution in [-0.4, -0.2) is 16.0 Å². The zero-order chi connectivity index (χ0) is 10.4. The van der Waals surface area contributed by atoms with Crippen LogP contribution in [0.5, 0.6) is 0 Å². The molecule has 5 heteroatoms. The zero-order valence-electron chi connectivity index (χ0n) is 8.62. The molecule has 1 unspecified atom stereocenters. The van der Waals surface area contributed by atoms with E-state index in [1.165, 1.54) is 6.33 Å². The van der Waals surface area contributed by atoms with Crippen LogP contribution in [0.15, 0.2) is 12.4 Å². The maximum absolute atomic E-state index is 5.24. The van der Waals surface area contributed by atoms with Crippen molar-refractivity contribution in [2.45, 2.75) is 32.7 Å². The molecule has 0 aliphatic heterocycles. The molecule has 1 atom stereocenters. The summed E-state index contributed by atoms with van der Waals surface area (Å²) in [7, 11) is 0. The van der Waals surface area contributed by atoms with Gasteiger partial charge < -0.3 is 10.7 Å². The molecule has 1 heterocycles. The summed E-state index contributed by atoms with van der Waals surface area (Å²) in [6, 6.07) is 2.20. The van der Waals surface area contributed by atoms with E-state index >= 15 is 0 Å². The second-order valence-corrected chi connectivity index (χ2v) is 3.27. The summed E-state index contributed by atoms with van der Waals surface area (Å²) in [6.07, 6.45) is 3.76. The Morgan fingerprint density at radius 1 is 1.43 bits per heavy atom. The SMILES string of the molecule is CCCC(C)Nc1cc(NN)ncn1. The predicted octanol–water partition coefficient (Wildman–Crippen LogP) is 1.36. The van der Waals surface area contributed by atoms with Crippen LogP contribution in [0.4, 0.5) is 11.6 Å². The van der Waals surface area contributed by atoms with Gasteiger partial charge in [0.1, 0.15) is 18.0 Å². The van der Waals surface area contributed by atoms with Crippen LogP contribution in [0.25, 0.3) is 0 Å². The van der Waals surface area contributed by atoms with Gasteiger partial charge in [0.2, 0.25) is 0 Å². The minimum Gasteiger partial charge on any atom is -0.367 e. The van der Waals surface area contributed by atoms with Crippen LogP contribution in [0.1, 0.15) is 26.7 Å². The molecule has 0 aromatic carbocycles. The monoisotopic (exact) mass is 195 g/mol. The molecule has 0 saturated carbocycles. The number of aromatic nitrogens is 2. The van der Waals surface area contributed by atoms with E-state index in [1.807, 2.05) is 0 Å². The van der Waals surface area contributed by atoms with Crippen molar-refractivity contribution in [3.8, 4) is 0 Å². The lowest BCUT2D eigenvalue weighted by molar-refractivity contribution is 0.687. The van der Waals surface area contributed by atoms with Crippen molar-refractivity contribution in [1.82, 2.24) is 9.97 Å². The zero-order valence-corrected chi connectivity index (χ0v) is 8.62. The van der Waals surface area contributed by atoms with Gasteiger partial charge in [-0.15, -0.1) is 0 Å². The summed E-state index contributed by atoms with van der Waals surface area (Å²) in [6.45, 7) is 4.28. The first kappa shape index (κ1) is 10.7. The van der Waals surface area contributed by atoms with Crippen molar-refractivity contribution >= 4 is 11.6 Å². The van der Waals surface area contributed by atoms with Gasteiger partial charge in [0.05, 0.1) is 0 Å². The molecule has 0 saturated heterocycles. The van der Waals surface area contributed by atoms with E-state index in [9.17, 15) is 0 Å². The van der Waals surface area contributed by atoms with E-state index in [2.05, 4.69) is 34.6 Å². The fourth-order valence-electron chi connectivity index (χ4n) is 1.27. The first-order valence-electron chi connectivity index (χ1n) is 4.81. The highest BCUT2D eigenvalue weighted by molar-refractivity contribution is 5.45. The Labute approximate surface area is 84.1 Å². The predicted molar refractivity (Wildman–Crippen MR) is 57.8 cm³/mol. The topological polar surface area (TPSA) is 75.9 Å². The number of nitrogen functional groups attached to an aromatic ring is 1. The highest BCUT2D eigenvalue weighted by Crippen LogP contribution is 2.10. The van der Waals surface area contributed by atoms with Gasteiger partial charge in [0, 0.05) is 12.1 Å². The van der Waals surface area contributed by atoms with Crippen LogP contribution >= 0.6 is 0 Å². The van der Waals surface area contributed by atoms with E-state index < -0.39 is 0 Å². The number of hydrogen-bond donors (Lipinski definition) is 3. The van der Waals surface area contributed by atoms with Gasteiger partial charge in [0.15, 0.2) is 0 Å². The van der Waals surface area contributed by atoms with Crippen molar-refractivity contribution in [3.63, 3.8) is 0 Å². The second kappa shape index (κ2) is 5.39. The maximum atomic E-state index is 5.24. The first-order chi connectivity index (χ1) is 6.76. The molecule has 5 nitrogen and oxygen atoms in total. The summed E-state index contributed by atoms with van der Waals surface area (Å²) in [4.78, 5) is 8.02. The Balaban J connectivity index is 2.57. The highest BCUT2D eigenvalue weighted by atomic mass is 15.3. The summed E-state index contributed by atoms with van der Waals surface area (Å²) >= 11 is 0. The molecule has 0 radical (unpaired) electrons. The van der Waals surface area contributed by atoms with Gasteiger partial charge in [-0.1, -0.05) is 13.3 Å². The van der Waals surface area contributed by atoms with Crippen LogP contribution < -0.4 is 16.6 Å². The number of nitrogens with zero attached hydrogens (tertiary/aromatic N) is 2. The molecule has 0 aliphatic carbocycles. The number of hydrazine groups is 1. The number of hydrogen-bond acceptors (Lipinski definition) is 5. The Morgan fingerprint density at radius 3 is 2.79 bits per heavy atom. The van der Waals surface area contributed by atoms with Crippen molar-refractivity contribution in [2.75, 3.05) is 10.7 Å². The Kier molecular flexibility index (Phi) is 4.12. The molecule has 0 spiro atoms. The lowest BCUT2D eigenvalue weighted by Crippen LogP contribution is -2.16. The molecule has 1 aromatic heterocycles. The van der Waals surface area contributed by atoms with Crippen LogP contribution in [0.2, 0.25) is 0 Å².